The van der Waals surface area contributed by atoms with Crippen molar-refractivity contribution < 1.29 is 9.90 Å². The lowest BCUT2D eigenvalue weighted by molar-refractivity contribution is 0.0532. The summed E-state index contributed by atoms with van der Waals surface area (Å²) in [5.74, 6) is 0.0563. The summed E-state index contributed by atoms with van der Waals surface area (Å²) in [6.07, 6.45) is 2.84. The number of pyridine rings is 1. The van der Waals surface area contributed by atoms with Crippen LogP contribution in [0.15, 0.2) is 42.0 Å². The van der Waals surface area contributed by atoms with Crippen molar-refractivity contribution in [3.05, 3.63) is 52.5 Å². The number of hydrogen-bond acceptors (Lipinski definition) is 5. The highest BCUT2D eigenvalue weighted by atomic mass is 32.1. The van der Waals surface area contributed by atoms with E-state index in [9.17, 15) is 9.90 Å². The fourth-order valence-electron chi connectivity index (χ4n) is 2.63. The van der Waals surface area contributed by atoms with E-state index in [1.807, 2.05) is 22.4 Å². The lowest BCUT2D eigenvalue weighted by Crippen LogP contribution is -2.49. The summed E-state index contributed by atoms with van der Waals surface area (Å²) < 4.78 is 0. The molecule has 3 heterocycles. The van der Waals surface area contributed by atoms with Crippen LogP contribution in [-0.2, 0) is 0 Å². The van der Waals surface area contributed by atoms with Crippen LogP contribution in [0.5, 0.6) is 0 Å². The highest BCUT2D eigenvalue weighted by Gasteiger charge is 2.23. The predicted octanol–water partition coefficient (Wildman–Crippen LogP) is 1.63. The van der Waals surface area contributed by atoms with E-state index < -0.39 is 6.10 Å². The van der Waals surface area contributed by atoms with Crippen LogP contribution in [0.2, 0.25) is 0 Å². The molecule has 0 spiro atoms. The second kappa shape index (κ2) is 7.00. The SMILES string of the molecule is O=C(c1ccncc1)N1CCN(C[C@@H](O)c2cccs2)CC1. The first-order valence-electron chi connectivity index (χ1n) is 7.37. The maximum Gasteiger partial charge on any atom is 0.254 e. The van der Waals surface area contributed by atoms with Gasteiger partial charge < -0.3 is 10.0 Å². The highest BCUT2D eigenvalue weighted by molar-refractivity contribution is 7.10. The normalized spacial score (nSPS) is 17.4. The molecule has 0 unspecified atom stereocenters. The number of piperazine rings is 1. The summed E-state index contributed by atoms with van der Waals surface area (Å²) in [5.41, 5.74) is 0.682. The topological polar surface area (TPSA) is 56.7 Å². The number of amides is 1. The molecular formula is C16H19N3O2S. The Bertz CT molecular complexity index is 595. The van der Waals surface area contributed by atoms with Gasteiger partial charge in [0.1, 0.15) is 6.10 Å². The number of nitrogens with zero attached hydrogens (tertiary/aromatic N) is 3. The molecule has 1 N–H and O–H groups in total. The van der Waals surface area contributed by atoms with Gasteiger partial charge in [-0.2, -0.15) is 0 Å². The molecule has 5 nitrogen and oxygen atoms in total. The molecule has 1 aliphatic rings. The highest BCUT2D eigenvalue weighted by Crippen LogP contribution is 2.20. The maximum atomic E-state index is 12.3. The minimum Gasteiger partial charge on any atom is -0.386 e. The van der Waals surface area contributed by atoms with Crippen molar-refractivity contribution in [1.82, 2.24) is 14.8 Å². The molecule has 1 fully saturated rings. The smallest absolute Gasteiger partial charge is 0.254 e. The molecule has 2 aromatic rings. The van der Waals surface area contributed by atoms with E-state index in [1.165, 1.54) is 0 Å². The number of carbonyl (C=O) groups excluding carboxylic acids is 1. The van der Waals surface area contributed by atoms with Crippen molar-refractivity contribution in [2.75, 3.05) is 32.7 Å². The summed E-state index contributed by atoms with van der Waals surface area (Å²) in [4.78, 5) is 21.4. The minimum absolute atomic E-state index is 0.0563. The maximum absolute atomic E-state index is 12.3. The zero-order chi connectivity index (χ0) is 15.4. The summed E-state index contributed by atoms with van der Waals surface area (Å²) >= 11 is 1.58. The molecule has 0 saturated carbocycles. The molecule has 0 bridgehead atoms. The van der Waals surface area contributed by atoms with Gasteiger partial charge in [0.05, 0.1) is 0 Å². The molecule has 1 amide bonds. The van der Waals surface area contributed by atoms with E-state index in [2.05, 4.69) is 9.88 Å². The summed E-state index contributed by atoms with van der Waals surface area (Å²) in [7, 11) is 0. The summed E-state index contributed by atoms with van der Waals surface area (Å²) in [6.45, 7) is 3.59. The lowest BCUT2D eigenvalue weighted by Gasteiger charge is -2.35. The Morgan fingerprint density at radius 1 is 1.23 bits per heavy atom. The molecule has 22 heavy (non-hydrogen) atoms. The molecule has 116 valence electrons. The first kappa shape index (κ1) is 15.1. The van der Waals surface area contributed by atoms with Crippen molar-refractivity contribution in [1.29, 1.82) is 0 Å². The number of thiophene rings is 1. The van der Waals surface area contributed by atoms with Gasteiger partial charge in [-0.25, -0.2) is 0 Å². The zero-order valence-electron chi connectivity index (χ0n) is 12.3. The monoisotopic (exact) mass is 317 g/mol. The van der Waals surface area contributed by atoms with Crippen molar-refractivity contribution in [3.63, 3.8) is 0 Å². The first-order chi connectivity index (χ1) is 10.7. The van der Waals surface area contributed by atoms with Gasteiger partial charge in [-0.15, -0.1) is 11.3 Å². The Balaban J connectivity index is 1.51. The van der Waals surface area contributed by atoms with E-state index >= 15 is 0 Å². The number of hydrogen-bond donors (Lipinski definition) is 1. The number of aromatic nitrogens is 1. The Morgan fingerprint density at radius 3 is 2.59 bits per heavy atom. The van der Waals surface area contributed by atoms with Gasteiger partial charge in [-0.1, -0.05) is 6.07 Å². The average Bonchev–Trinajstić information content (AvgIpc) is 3.10. The molecule has 1 aliphatic heterocycles. The van der Waals surface area contributed by atoms with Crippen LogP contribution >= 0.6 is 11.3 Å². The van der Waals surface area contributed by atoms with Crippen LogP contribution in [0.4, 0.5) is 0 Å². The van der Waals surface area contributed by atoms with Gasteiger partial charge in [-0.05, 0) is 23.6 Å². The van der Waals surface area contributed by atoms with Crippen molar-refractivity contribution in [2.45, 2.75) is 6.10 Å². The second-order valence-corrected chi connectivity index (χ2v) is 6.34. The Kier molecular flexibility index (Phi) is 4.82. The number of aliphatic hydroxyl groups is 1. The fourth-order valence-corrected chi connectivity index (χ4v) is 3.33. The number of carbonyl (C=O) groups is 1. The molecule has 0 aliphatic carbocycles. The van der Waals surface area contributed by atoms with Gasteiger partial charge in [0.15, 0.2) is 0 Å². The van der Waals surface area contributed by atoms with Crippen LogP contribution in [0.25, 0.3) is 0 Å². The van der Waals surface area contributed by atoms with Gasteiger partial charge in [0.2, 0.25) is 0 Å². The summed E-state index contributed by atoms with van der Waals surface area (Å²) in [5, 5.41) is 12.2. The van der Waals surface area contributed by atoms with Crippen LogP contribution in [0, 0.1) is 0 Å². The van der Waals surface area contributed by atoms with Crippen LogP contribution in [0.3, 0.4) is 0 Å². The third kappa shape index (κ3) is 3.52. The number of β-amino-alcohol motifs (C(OH)–C–C–N with tert-alkyl or cyclic N) is 1. The Hall–Kier alpha value is -1.76. The molecule has 1 saturated heterocycles. The third-order valence-corrected chi connectivity index (χ3v) is 4.86. The summed E-state index contributed by atoms with van der Waals surface area (Å²) in [6, 6.07) is 7.40. The molecular weight excluding hydrogens is 298 g/mol. The van der Waals surface area contributed by atoms with E-state index in [1.54, 1.807) is 35.9 Å². The number of aliphatic hydroxyl groups excluding tert-OH is 1. The second-order valence-electron chi connectivity index (χ2n) is 5.36. The standard InChI is InChI=1S/C16H19N3O2S/c20-14(15-2-1-11-22-15)12-18-7-9-19(10-8-18)16(21)13-3-5-17-6-4-13/h1-6,11,14,20H,7-10,12H2/t14-/m1/s1. The molecule has 3 rings (SSSR count). The van der Waals surface area contributed by atoms with Crippen LogP contribution in [0.1, 0.15) is 21.3 Å². The Morgan fingerprint density at radius 2 is 1.95 bits per heavy atom. The molecule has 0 radical (unpaired) electrons. The first-order valence-corrected chi connectivity index (χ1v) is 8.25. The van der Waals surface area contributed by atoms with E-state index in [-0.39, 0.29) is 5.91 Å². The van der Waals surface area contributed by atoms with Gasteiger partial charge in [0.25, 0.3) is 5.91 Å². The van der Waals surface area contributed by atoms with Gasteiger partial charge in [0, 0.05) is 55.6 Å². The molecule has 1 atom stereocenters. The third-order valence-electron chi connectivity index (χ3n) is 3.89. The van der Waals surface area contributed by atoms with E-state index in [0.29, 0.717) is 25.2 Å². The molecule has 6 heteroatoms. The predicted molar refractivity (Wildman–Crippen MR) is 85.9 cm³/mol. The Labute approximate surface area is 133 Å². The van der Waals surface area contributed by atoms with Crippen molar-refractivity contribution in [2.24, 2.45) is 0 Å². The molecule has 2 aromatic heterocycles. The zero-order valence-corrected chi connectivity index (χ0v) is 13.1. The average molecular weight is 317 g/mol. The van der Waals surface area contributed by atoms with Crippen LogP contribution in [-0.4, -0.2) is 58.5 Å². The van der Waals surface area contributed by atoms with Gasteiger partial charge >= 0.3 is 0 Å². The molecule has 0 aromatic carbocycles. The quantitative estimate of drug-likeness (QED) is 0.931. The largest absolute Gasteiger partial charge is 0.386 e. The fraction of sp³-hybridized carbons (Fsp3) is 0.375. The van der Waals surface area contributed by atoms with Gasteiger partial charge in [-0.3, -0.25) is 14.7 Å². The number of rotatable bonds is 4. The van der Waals surface area contributed by atoms with Crippen molar-refractivity contribution in [3.8, 4) is 0 Å². The van der Waals surface area contributed by atoms with E-state index in [4.69, 9.17) is 0 Å². The minimum atomic E-state index is -0.442. The van der Waals surface area contributed by atoms with E-state index in [0.717, 1.165) is 18.0 Å². The van der Waals surface area contributed by atoms with Crippen LogP contribution < -0.4 is 0 Å². The lowest BCUT2D eigenvalue weighted by atomic mass is 10.2. The van der Waals surface area contributed by atoms with Crippen molar-refractivity contribution >= 4 is 17.2 Å².